The molecule has 5 rings (SSSR count). The maximum absolute atomic E-state index is 10.9. The highest BCUT2D eigenvalue weighted by atomic mass is 32.1. The average molecular weight is 397 g/mol. The molecule has 0 saturated carbocycles. The Kier molecular flexibility index (Phi) is 4.64. The first-order chi connectivity index (χ1) is 14.2. The van der Waals surface area contributed by atoms with Gasteiger partial charge in [0.1, 0.15) is 12.2 Å². The Morgan fingerprint density at radius 2 is 0.828 bits per heavy atom. The van der Waals surface area contributed by atoms with Gasteiger partial charge in [-0.25, -0.2) is 0 Å². The molecule has 1 heterocycles. The van der Waals surface area contributed by atoms with Crippen LogP contribution >= 0.6 is 11.3 Å². The van der Waals surface area contributed by atoms with Gasteiger partial charge in [-0.1, -0.05) is 60.7 Å². The summed E-state index contributed by atoms with van der Waals surface area (Å²) in [7, 11) is 0. The molecule has 4 aliphatic rings. The molecule has 2 N–H and O–H groups in total. The van der Waals surface area contributed by atoms with Crippen LogP contribution in [0.4, 0.5) is 0 Å². The van der Waals surface area contributed by atoms with Gasteiger partial charge in [0.25, 0.3) is 0 Å². The van der Waals surface area contributed by atoms with E-state index in [0.29, 0.717) is 0 Å². The minimum absolute atomic E-state index is 0.698. The molecule has 0 fully saturated rings. The molecule has 0 amide bonds. The van der Waals surface area contributed by atoms with Gasteiger partial charge < -0.3 is 10.2 Å². The predicted octanol–water partition coefficient (Wildman–Crippen LogP) is 6.12. The molecule has 3 heteroatoms. The van der Waals surface area contributed by atoms with Gasteiger partial charge in [0.15, 0.2) is 0 Å². The van der Waals surface area contributed by atoms with Crippen molar-refractivity contribution in [2.24, 2.45) is 0 Å². The molecule has 4 aliphatic carbocycles. The predicted molar refractivity (Wildman–Crippen MR) is 119 cm³/mol. The van der Waals surface area contributed by atoms with Crippen LogP contribution in [0, 0.1) is 0 Å². The molecule has 0 aromatic carbocycles. The minimum Gasteiger partial charge on any atom is -0.383 e. The molecule has 2 atom stereocenters. The van der Waals surface area contributed by atoms with E-state index in [-0.39, 0.29) is 0 Å². The molecule has 142 valence electrons. The normalized spacial score (nSPS) is 13.6. The lowest BCUT2D eigenvalue weighted by Crippen LogP contribution is -1.95. The summed E-state index contributed by atoms with van der Waals surface area (Å²) in [4.78, 5) is 1.67. The molecular weight excluding hydrogens is 376 g/mol. The monoisotopic (exact) mass is 396 g/mol. The molecular formula is C26H20O2S. The zero-order valence-electron chi connectivity index (χ0n) is 15.7. The van der Waals surface area contributed by atoms with Crippen molar-refractivity contribution in [2.75, 3.05) is 0 Å². The second kappa shape index (κ2) is 7.45. The summed E-state index contributed by atoms with van der Waals surface area (Å²) in [6.45, 7) is 0. The number of aliphatic hydroxyl groups is 2. The van der Waals surface area contributed by atoms with Crippen molar-refractivity contribution < 1.29 is 10.2 Å². The number of hydrogen-bond acceptors (Lipinski definition) is 3. The van der Waals surface area contributed by atoms with Crippen LogP contribution in [0.2, 0.25) is 0 Å². The van der Waals surface area contributed by atoms with E-state index in [0.717, 1.165) is 43.1 Å². The molecule has 2 unspecified atom stereocenters. The quantitative estimate of drug-likeness (QED) is 0.384. The molecule has 0 bridgehead atoms. The lowest BCUT2D eigenvalue weighted by atomic mass is 10.1. The molecule has 0 saturated heterocycles. The van der Waals surface area contributed by atoms with E-state index in [4.69, 9.17) is 0 Å². The van der Waals surface area contributed by atoms with Crippen molar-refractivity contribution >= 4 is 11.3 Å². The Hall–Kier alpha value is -2.98. The zero-order chi connectivity index (χ0) is 19.8. The molecule has 0 spiro atoms. The summed E-state index contributed by atoms with van der Waals surface area (Å²) in [6.07, 6.45) is -1.40. The maximum Gasteiger partial charge on any atom is 0.113 e. The average Bonchev–Trinajstić information content (AvgIpc) is 3.40. The van der Waals surface area contributed by atoms with Gasteiger partial charge in [-0.05, 0) is 69.8 Å². The fourth-order valence-electron chi connectivity index (χ4n) is 3.78. The van der Waals surface area contributed by atoms with Crippen molar-refractivity contribution in [1.82, 2.24) is 0 Å². The lowest BCUT2D eigenvalue weighted by molar-refractivity contribution is 0.223. The van der Waals surface area contributed by atoms with Gasteiger partial charge >= 0.3 is 0 Å². The lowest BCUT2D eigenvalue weighted by Gasteiger charge is -2.08. The maximum atomic E-state index is 10.9. The van der Waals surface area contributed by atoms with Crippen molar-refractivity contribution in [3.8, 4) is 22.3 Å². The van der Waals surface area contributed by atoms with E-state index in [9.17, 15) is 10.2 Å². The molecule has 2 nitrogen and oxygen atoms in total. The minimum atomic E-state index is -0.698. The van der Waals surface area contributed by atoms with E-state index >= 15 is 0 Å². The van der Waals surface area contributed by atoms with Gasteiger partial charge in [0.2, 0.25) is 0 Å². The van der Waals surface area contributed by atoms with E-state index < -0.39 is 12.2 Å². The Morgan fingerprint density at radius 1 is 0.483 bits per heavy atom. The molecule has 0 radical (unpaired) electrons. The molecule has 0 aliphatic heterocycles. The summed E-state index contributed by atoms with van der Waals surface area (Å²) in [5.41, 5.74) is 6.19. The fourth-order valence-corrected chi connectivity index (χ4v) is 4.82. The highest BCUT2D eigenvalue weighted by molar-refractivity contribution is 7.12. The van der Waals surface area contributed by atoms with Crippen LogP contribution in [0.1, 0.15) is 33.1 Å². The van der Waals surface area contributed by atoms with Gasteiger partial charge in [0, 0.05) is 9.75 Å². The Morgan fingerprint density at radius 3 is 1.17 bits per heavy atom. The van der Waals surface area contributed by atoms with Crippen molar-refractivity contribution in [2.45, 2.75) is 12.2 Å². The number of fused-ring (bicyclic) bond motifs is 2. The van der Waals surface area contributed by atoms with Crippen LogP contribution in [-0.2, 0) is 0 Å². The van der Waals surface area contributed by atoms with Gasteiger partial charge in [-0.3, -0.25) is 0 Å². The first-order valence-electron chi connectivity index (χ1n) is 9.62. The SMILES string of the molecule is OC(c1cc2cccccc-2c1)c1ccc(C(O)c2cc3cccccc-3c2)s1. The van der Waals surface area contributed by atoms with Crippen molar-refractivity contribution in [3.05, 3.63) is 118 Å². The highest BCUT2D eigenvalue weighted by Crippen LogP contribution is 2.38. The molecule has 1 aromatic rings. The number of thiophene rings is 1. The van der Waals surface area contributed by atoms with Crippen LogP contribution in [0.3, 0.4) is 0 Å². The standard InChI is InChI=1S/C26H20O2S/c27-25(21-13-17-7-3-1-4-8-18(17)14-21)23-11-12-24(29-23)26(28)22-15-19-9-5-2-6-10-20(19)16-22/h1-16,25-28H. The first-order valence-corrected chi connectivity index (χ1v) is 10.4. The summed E-state index contributed by atoms with van der Waals surface area (Å²) in [6, 6.07) is 32.1. The summed E-state index contributed by atoms with van der Waals surface area (Å²) >= 11 is 1.45. The van der Waals surface area contributed by atoms with Crippen LogP contribution in [-0.4, -0.2) is 10.2 Å². The van der Waals surface area contributed by atoms with E-state index in [1.165, 1.54) is 11.3 Å². The van der Waals surface area contributed by atoms with Crippen LogP contribution < -0.4 is 0 Å². The number of rotatable bonds is 4. The molecule has 29 heavy (non-hydrogen) atoms. The Bertz CT molecular complexity index is 1050. The second-order valence-corrected chi connectivity index (χ2v) is 8.41. The van der Waals surface area contributed by atoms with Crippen LogP contribution in [0.15, 0.2) is 97.1 Å². The Balaban J connectivity index is 1.43. The number of aliphatic hydroxyl groups excluding tert-OH is 2. The smallest absolute Gasteiger partial charge is 0.113 e. The van der Waals surface area contributed by atoms with E-state index in [1.54, 1.807) is 0 Å². The fraction of sp³-hybridized carbons (Fsp3) is 0.0769. The summed E-state index contributed by atoms with van der Waals surface area (Å²) in [5.74, 6) is 0. The van der Waals surface area contributed by atoms with Gasteiger partial charge in [-0.15, -0.1) is 11.3 Å². The zero-order valence-corrected chi connectivity index (χ0v) is 16.5. The topological polar surface area (TPSA) is 40.5 Å². The third kappa shape index (κ3) is 3.45. The molecule has 1 aromatic heterocycles. The van der Waals surface area contributed by atoms with E-state index in [1.807, 2.05) is 72.8 Å². The van der Waals surface area contributed by atoms with Gasteiger partial charge in [0.05, 0.1) is 0 Å². The van der Waals surface area contributed by atoms with E-state index in [2.05, 4.69) is 24.3 Å². The third-order valence-electron chi connectivity index (χ3n) is 5.32. The van der Waals surface area contributed by atoms with Crippen molar-refractivity contribution in [3.63, 3.8) is 0 Å². The largest absolute Gasteiger partial charge is 0.383 e. The highest BCUT2D eigenvalue weighted by Gasteiger charge is 2.21. The van der Waals surface area contributed by atoms with Crippen LogP contribution in [0.25, 0.3) is 22.3 Å². The summed E-state index contributed by atoms with van der Waals surface area (Å²) < 4.78 is 0. The number of hydrogen-bond donors (Lipinski definition) is 2. The first kappa shape index (κ1) is 18.1. The second-order valence-electron chi connectivity index (χ2n) is 7.27. The van der Waals surface area contributed by atoms with Crippen LogP contribution in [0.5, 0.6) is 0 Å². The Labute approximate surface area is 174 Å². The summed E-state index contributed by atoms with van der Waals surface area (Å²) in [5, 5.41) is 21.8. The van der Waals surface area contributed by atoms with Gasteiger partial charge in [-0.2, -0.15) is 0 Å². The van der Waals surface area contributed by atoms with Crippen molar-refractivity contribution in [1.29, 1.82) is 0 Å². The third-order valence-corrected chi connectivity index (χ3v) is 6.51.